The molecule has 0 radical (unpaired) electrons. The lowest BCUT2D eigenvalue weighted by molar-refractivity contribution is -0.0302. The topological polar surface area (TPSA) is 9.23 Å². The second-order valence-electron chi connectivity index (χ2n) is 6.72. The highest BCUT2D eigenvalue weighted by atomic mass is 33.1. The summed E-state index contributed by atoms with van der Waals surface area (Å²) >= 11 is 0. The highest BCUT2D eigenvalue weighted by Gasteiger charge is 2.27. The van der Waals surface area contributed by atoms with Crippen molar-refractivity contribution in [2.45, 2.75) is 85.7 Å². The molecule has 0 amide bonds. The molecule has 0 aliphatic rings. The zero-order chi connectivity index (χ0) is 20.6. The van der Waals surface area contributed by atoms with E-state index in [1.165, 1.54) is 10.5 Å². The van der Waals surface area contributed by atoms with Crippen LogP contribution in [0.25, 0.3) is 0 Å². The molecule has 0 aliphatic carbocycles. The molecule has 1 aromatic rings. The molecule has 0 spiro atoms. The fourth-order valence-electron chi connectivity index (χ4n) is 2.41. The first-order valence-electron chi connectivity index (χ1n) is 9.78. The molecule has 0 saturated carbocycles. The molecule has 3 heteroatoms. The number of hydrogen-bond donors (Lipinski definition) is 0. The van der Waals surface area contributed by atoms with Gasteiger partial charge in [-0.2, -0.15) is 0 Å². The lowest BCUT2D eigenvalue weighted by Gasteiger charge is -2.31. The van der Waals surface area contributed by atoms with E-state index in [1.54, 1.807) is 0 Å². The maximum absolute atomic E-state index is 6.01. The highest BCUT2D eigenvalue weighted by Crippen LogP contribution is 2.32. The van der Waals surface area contributed by atoms with E-state index in [-0.39, 0.29) is 12.4 Å². The number of hydrogen-bond acceptors (Lipinski definition) is 3. The van der Waals surface area contributed by atoms with Crippen LogP contribution in [-0.2, 0) is 11.2 Å². The molecule has 0 fully saturated rings. The minimum Gasteiger partial charge on any atom is -0.375 e. The fourth-order valence-corrected chi connectivity index (χ4v) is 4.22. The summed E-state index contributed by atoms with van der Waals surface area (Å²) in [5, 5.41) is 0. The van der Waals surface area contributed by atoms with Gasteiger partial charge in [0.25, 0.3) is 0 Å². The summed E-state index contributed by atoms with van der Waals surface area (Å²) in [5.74, 6) is 3.81. The summed E-state index contributed by atoms with van der Waals surface area (Å²) in [6, 6.07) is 8.78. The first kappa shape index (κ1) is 27.7. The van der Waals surface area contributed by atoms with Crippen LogP contribution < -0.4 is 0 Å². The van der Waals surface area contributed by atoms with Gasteiger partial charge in [-0.25, -0.2) is 0 Å². The van der Waals surface area contributed by atoms with Gasteiger partial charge in [-0.15, -0.1) is 12.3 Å². The monoisotopic (exact) mass is 398 g/mol. The Kier molecular flexibility index (Phi) is 16.5. The first-order chi connectivity index (χ1) is 12.3. The van der Waals surface area contributed by atoms with Crippen LogP contribution in [0.1, 0.15) is 75.7 Å². The first-order valence-corrected chi connectivity index (χ1v) is 12.1. The summed E-state index contributed by atoms with van der Waals surface area (Å²) in [5.41, 5.74) is 1.09. The number of terminal acetylenes is 1. The number of benzene rings is 1. The van der Waals surface area contributed by atoms with Crippen LogP contribution in [0, 0.1) is 17.8 Å². The van der Waals surface area contributed by atoms with Crippen molar-refractivity contribution in [2.75, 3.05) is 12.4 Å². The fraction of sp³-hybridized carbons (Fsp3) is 0.652. The lowest BCUT2D eigenvalue weighted by Crippen LogP contribution is -2.31. The summed E-state index contributed by atoms with van der Waals surface area (Å²) in [4.78, 5) is 1.30. The molecule has 0 saturated heterocycles. The zero-order valence-corrected chi connectivity index (χ0v) is 20.1. The van der Waals surface area contributed by atoms with Gasteiger partial charge in [0.05, 0.1) is 12.2 Å². The van der Waals surface area contributed by atoms with E-state index >= 15 is 0 Å². The van der Waals surface area contributed by atoms with E-state index in [2.05, 4.69) is 64.8 Å². The van der Waals surface area contributed by atoms with Crippen molar-refractivity contribution >= 4 is 21.6 Å². The molecule has 0 atom stereocenters. The molecule has 0 N–H and O–H groups in total. The molecule has 0 bridgehead atoms. The third-order valence-electron chi connectivity index (χ3n) is 3.40. The molecule has 1 nitrogen and oxygen atoms in total. The Hall–Kier alpha value is -0.560. The molecule has 0 heterocycles. The molecule has 0 unspecified atom stereocenters. The quantitative estimate of drug-likeness (QED) is 0.236. The Morgan fingerprint density at radius 3 is 2.04 bits per heavy atom. The maximum atomic E-state index is 6.01. The van der Waals surface area contributed by atoms with Gasteiger partial charge in [0.15, 0.2) is 0 Å². The van der Waals surface area contributed by atoms with E-state index < -0.39 is 0 Å². The van der Waals surface area contributed by atoms with Crippen molar-refractivity contribution in [3.05, 3.63) is 29.8 Å². The Balaban J connectivity index is -0.00000108. The van der Waals surface area contributed by atoms with E-state index in [0.717, 1.165) is 25.2 Å². The van der Waals surface area contributed by atoms with Gasteiger partial charge in [0.1, 0.15) is 0 Å². The van der Waals surface area contributed by atoms with Gasteiger partial charge < -0.3 is 4.74 Å². The number of aryl methyl sites for hydroxylation is 1. The smallest absolute Gasteiger partial charge is 0.0641 e. The van der Waals surface area contributed by atoms with Gasteiger partial charge in [-0.1, -0.05) is 68.3 Å². The second-order valence-corrected chi connectivity index (χ2v) is 9.21. The van der Waals surface area contributed by atoms with Crippen molar-refractivity contribution in [3.63, 3.8) is 0 Å². The Morgan fingerprint density at radius 2 is 1.58 bits per heavy atom. The molecule has 1 aromatic carbocycles. The van der Waals surface area contributed by atoms with Gasteiger partial charge in [0, 0.05) is 17.5 Å². The standard InChI is InChI=1S/C19H28OS2.2C2H6.H2/c1-7-16-9-11-17(12-10-16)22-21-14-13-20-19(5,6)15-18(3,4)8-2;2*1-2;/h2,9-12H,7,13-15H2,1,3-6H3;2*1-2H3;1H. The van der Waals surface area contributed by atoms with Crippen LogP contribution in [0.2, 0.25) is 0 Å². The Morgan fingerprint density at radius 1 is 1.04 bits per heavy atom. The van der Waals surface area contributed by atoms with Crippen molar-refractivity contribution in [1.82, 2.24) is 0 Å². The van der Waals surface area contributed by atoms with Crippen LogP contribution in [0.3, 0.4) is 0 Å². The maximum Gasteiger partial charge on any atom is 0.0641 e. The minimum atomic E-state index is -0.177. The number of ether oxygens (including phenoxy) is 1. The zero-order valence-electron chi connectivity index (χ0n) is 18.4. The van der Waals surface area contributed by atoms with Crippen LogP contribution in [0.15, 0.2) is 29.2 Å². The van der Waals surface area contributed by atoms with E-state index in [1.807, 2.05) is 49.3 Å². The van der Waals surface area contributed by atoms with Gasteiger partial charge in [-0.05, 0) is 58.2 Å². The minimum absolute atomic E-state index is 0. The van der Waals surface area contributed by atoms with Crippen LogP contribution >= 0.6 is 21.6 Å². The Bertz CT molecular complexity index is 490. The molecule has 0 aliphatic heterocycles. The van der Waals surface area contributed by atoms with E-state index in [4.69, 9.17) is 11.2 Å². The molecule has 152 valence electrons. The van der Waals surface area contributed by atoms with Gasteiger partial charge in [-0.3, -0.25) is 0 Å². The molecular weight excluding hydrogens is 356 g/mol. The van der Waals surface area contributed by atoms with Gasteiger partial charge in [0.2, 0.25) is 0 Å². The Labute approximate surface area is 173 Å². The second kappa shape index (κ2) is 15.5. The third kappa shape index (κ3) is 13.6. The van der Waals surface area contributed by atoms with Gasteiger partial charge >= 0.3 is 0 Å². The predicted molar refractivity (Wildman–Crippen MR) is 126 cm³/mol. The lowest BCUT2D eigenvalue weighted by atomic mass is 9.82. The molecule has 26 heavy (non-hydrogen) atoms. The largest absolute Gasteiger partial charge is 0.375 e. The molecular formula is C23H42OS2. The summed E-state index contributed by atoms with van der Waals surface area (Å²) in [6.45, 7) is 19.3. The van der Waals surface area contributed by atoms with Crippen molar-refractivity contribution in [3.8, 4) is 12.3 Å². The summed E-state index contributed by atoms with van der Waals surface area (Å²) < 4.78 is 6.01. The normalized spacial score (nSPS) is 10.8. The van der Waals surface area contributed by atoms with Crippen LogP contribution in [0.5, 0.6) is 0 Å². The average molecular weight is 399 g/mol. The van der Waals surface area contributed by atoms with Crippen molar-refractivity contribution in [1.29, 1.82) is 0 Å². The summed E-state index contributed by atoms with van der Waals surface area (Å²) in [6.07, 6.45) is 7.52. The highest BCUT2D eigenvalue weighted by molar-refractivity contribution is 8.76. The SMILES string of the molecule is C#CC(C)(C)CC(C)(C)OCCSSc1ccc(CC)cc1.CC.CC.[HH]. The predicted octanol–water partition coefficient (Wildman–Crippen LogP) is 8.13. The molecule has 0 aromatic heterocycles. The third-order valence-corrected chi connectivity index (χ3v) is 5.75. The molecule has 1 rings (SSSR count). The van der Waals surface area contributed by atoms with Crippen molar-refractivity contribution < 1.29 is 6.16 Å². The summed E-state index contributed by atoms with van der Waals surface area (Å²) in [7, 11) is 3.65. The van der Waals surface area contributed by atoms with E-state index in [0.29, 0.717) is 0 Å². The number of rotatable bonds is 9. The van der Waals surface area contributed by atoms with E-state index in [9.17, 15) is 0 Å². The average Bonchev–Trinajstić information content (AvgIpc) is 2.64. The van der Waals surface area contributed by atoms with Crippen LogP contribution in [0.4, 0.5) is 0 Å². The van der Waals surface area contributed by atoms with Crippen molar-refractivity contribution in [2.24, 2.45) is 5.41 Å². The van der Waals surface area contributed by atoms with Crippen LogP contribution in [-0.4, -0.2) is 18.0 Å².